The molecule has 0 aliphatic heterocycles. The van der Waals surface area contributed by atoms with Gasteiger partial charge in [-0.1, -0.05) is 40.6 Å². The number of carboxylic acid groups (broad SMARTS) is 1. The van der Waals surface area contributed by atoms with Gasteiger partial charge in [-0.3, -0.25) is 0 Å². The number of hydrogen-bond donors (Lipinski definition) is 2. The van der Waals surface area contributed by atoms with Gasteiger partial charge in [0.1, 0.15) is 5.60 Å². The van der Waals surface area contributed by atoms with Crippen LogP contribution in [0.15, 0.2) is 28.7 Å². The molecule has 0 spiro atoms. The molecule has 1 fully saturated rings. The fraction of sp³-hybridized carbons (Fsp3) is 0.524. The summed E-state index contributed by atoms with van der Waals surface area (Å²) >= 11 is 3.37. The Morgan fingerprint density at radius 1 is 1.22 bits per heavy atom. The number of nitrogens with one attached hydrogen (secondary N) is 1. The van der Waals surface area contributed by atoms with Crippen LogP contribution in [0.25, 0.3) is 0 Å². The Hall–Kier alpha value is -2.00. The van der Waals surface area contributed by atoms with Crippen LogP contribution in [0.2, 0.25) is 0 Å². The minimum absolute atomic E-state index is 0.0301. The number of carbonyl (C=O) groups excluding carboxylic acids is 1. The minimum atomic E-state index is -1.44. The Labute approximate surface area is 169 Å². The number of halogens is 1. The molecule has 5 nitrogen and oxygen atoms in total. The third-order valence-corrected chi connectivity index (χ3v) is 5.13. The van der Waals surface area contributed by atoms with Crippen molar-refractivity contribution in [3.63, 3.8) is 0 Å². The van der Waals surface area contributed by atoms with Crippen LogP contribution in [-0.2, 0) is 9.53 Å². The lowest BCUT2D eigenvalue weighted by atomic mass is 9.80. The largest absolute Gasteiger partial charge is 0.479 e. The maximum absolute atomic E-state index is 12.4. The van der Waals surface area contributed by atoms with E-state index in [4.69, 9.17) is 4.74 Å². The minimum Gasteiger partial charge on any atom is -0.479 e. The molecule has 1 saturated carbocycles. The van der Waals surface area contributed by atoms with Gasteiger partial charge in [0.15, 0.2) is 5.54 Å². The summed E-state index contributed by atoms with van der Waals surface area (Å²) in [6.07, 6.45) is 2.72. The van der Waals surface area contributed by atoms with Crippen LogP contribution in [0.3, 0.4) is 0 Å². The molecule has 2 rings (SSSR count). The average molecular weight is 436 g/mol. The number of alkyl carbamates (subject to hydrolysis) is 1. The number of hydrogen-bond acceptors (Lipinski definition) is 3. The Bertz CT molecular complexity index is 736. The summed E-state index contributed by atoms with van der Waals surface area (Å²) in [5, 5.41) is 12.7. The summed E-state index contributed by atoms with van der Waals surface area (Å²) < 4.78 is 6.26. The SMILES string of the molecule is CC(C)(C)OC(=O)N[C@](CC#Cc1ccc(Br)cc1)(C(=O)O)C1CCCC1. The second-order valence-corrected chi connectivity index (χ2v) is 8.79. The van der Waals surface area contributed by atoms with Crippen molar-refractivity contribution in [2.24, 2.45) is 5.92 Å². The standard InChI is InChI=1S/C21H26BrNO4/c1-20(2,3)27-19(26)23-21(18(24)25,16-8-4-5-9-16)14-6-7-15-10-12-17(22)13-11-15/h10-13,16H,4-5,8-9,14H2,1-3H3,(H,23,26)(H,24,25)/t21-/m0/s1. The lowest BCUT2D eigenvalue weighted by molar-refractivity contribution is -0.147. The van der Waals surface area contributed by atoms with E-state index < -0.39 is 23.2 Å². The summed E-state index contributed by atoms with van der Waals surface area (Å²) in [5.41, 5.74) is -1.35. The highest BCUT2D eigenvalue weighted by molar-refractivity contribution is 9.10. The summed E-state index contributed by atoms with van der Waals surface area (Å²) in [6.45, 7) is 5.24. The Morgan fingerprint density at radius 3 is 2.33 bits per heavy atom. The van der Waals surface area contributed by atoms with E-state index in [1.165, 1.54) is 0 Å². The number of carbonyl (C=O) groups is 2. The summed E-state index contributed by atoms with van der Waals surface area (Å²) in [7, 11) is 0. The average Bonchev–Trinajstić information content (AvgIpc) is 3.08. The summed E-state index contributed by atoms with van der Waals surface area (Å²) in [5.74, 6) is 4.74. The van der Waals surface area contributed by atoms with Crippen molar-refractivity contribution in [3.8, 4) is 11.8 Å². The van der Waals surface area contributed by atoms with Gasteiger partial charge >= 0.3 is 12.1 Å². The Balaban J connectivity index is 2.26. The first-order chi connectivity index (χ1) is 12.6. The number of benzene rings is 1. The zero-order valence-electron chi connectivity index (χ0n) is 16.0. The number of ether oxygens (including phenoxy) is 1. The third kappa shape index (κ3) is 6.00. The predicted octanol–water partition coefficient (Wildman–Crippen LogP) is 4.73. The van der Waals surface area contributed by atoms with Crippen LogP contribution in [-0.4, -0.2) is 28.3 Å². The Kier molecular flexibility index (Phi) is 6.94. The molecule has 0 aromatic heterocycles. The number of rotatable bonds is 4. The highest BCUT2D eigenvalue weighted by Gasteiger charge is 2.48. The monoisotopic (exact) mass is 435 g/mol. The molecule has 1 aliphatic rings. The van der Waals surface area contributed by atoms with Crippen molar-refractivity contribution in [2.75, 3.05) is 0 Å². The number of amides is 1. The van der Waals surface area contributed by atoms with E-state index >= 15 is 0 Å². The second-order valence-electron chi connectivity index (χ2n) is 7.87. The van der Waals surface area contributed by atoms with E-state index in [1.54, 1.807) is 20.8 Å². The molecule has 27 heavy (non-hydrogen) atoms. The van der Waals surface area contributed by atoms with Crippen molar-refractivity contribution < 1.29 is 19.4 Å². The topological polar surface area (TPSA) is 75.6 Å². The Morgan fingerprint density at radius 2 is 1.81 bits per heavy atom. The molecular weight excluding hydrogens is 410 g/mol. The first kappa shape index (κ1) is 21.3. The van der Waals surface area contributed by atoms with Crippen molar-refractivity contribution >= 4 is 28.0 Å². The van der Waals surface area contributed by atoms with Gasteiger partial charge in [0.2, 0.25) is 0 Å². The lowest BCUT2D eigenvalue weighted by Crippen LogP contribution is -2.59. The van der Waals surface area contributed by atoms with Crippen molar-refractivity contribution in [2.45, 2.75) is 64.0 Å². The molecule has 146 valence electrons. The quantitative estimate of drug-likeness (QED) is 0.670. The lowest BCUT2D eigenvalue weighted by Gasteiger charge is -2.35. The van der Waals surface area contributed by atoms with Gasteiger partial charge < -0.3 is 15.2 Å². The first-order valence-corrected chi connectivity index (χ1v) is 9.91. The van der Waals surface area contributed by atoms with Gasteiger partial charge in [0, 0.05) is 16.5 Å². The van der Waals surface area contributed by atoms with Gasteiger partial charge in [0.05, 0.1) is 0 Å². The summed E-state index contributed by atoms with van der Waals surface area (Å²) in [4.78, 5) is 24.6. The van der Waals surface area contributed by atoms with E-state index in [2.05, 4.69) is 33.1 Å². The van der Waals surface area contributed by atoms with Crippen molar-refractivity contribution in [1.29, 1.82) is 0 Å². The molecule has 1 aliphatic carbocycles. The zero-order chi connectivity index (χ0) is 20.1. The van der Waals surface area contributed by atoms with Crippen LogP contribution in [0.5, 0.6) is 0 Å². The summed E-state index contributed by atoms with van der Waals surface area (Å²) in [6, 6.07) is 7.47. The zero-order valence-corrected chi connectivity index (χ0v) is 17.6. The molecule has 6 heteroatoms. The van der Waals surface area contributed by atoms with Crippen LogP contribution < -0.4 is 5.32 Å². The predicted molar refractivity (Wildman–Crippen MR) is 107 cm³/mol. The molecule has 0 radical (unpaired) electrons. The van der Waals surface area contributed by atoms with Crippen LogP contribution >= 0.6 is 15.9 Å². The van der Waals surface area contributed by atoms with Gasteiger partial charge in [-0.15, -0.1) is 0 Å². The third-order valence-electron chi connectivity index (χ3n) is 4.60. The molecule has 1 aromatic carbocycles. The van der Waals surface area contributed by atoms with Crippen LogP contribution in [0.4, 0.5) is 4.79 Å². The van der Waals surface area contributed by atoms with Gasteiger partial charge in [0.25, 0.3) is 0 Å². The molecular formula is C21H26BrNO4. The molecule has 0 saturated heterocycles. The maximum atomic E-state index is 12.4. The van der Waals surface area contributed by atoms with Gasteiger partial charge in [-0.2, -0.15) is 0 Å². The first-order valence-electron chi connectivity index (χ1n) is 9.11. The van der Waals surface area contributed by atoms with Crippen LogP contribution in [0.1, 0.15) is 58.4 Å². The molecule has 0 bridgehead atoms. The van der Waals surface area contributed by atoms with E-state index in [0.29, 0.717) is 0 Å². The van der Waals surface area contributed by atoms with Crippen LogP contribution in [0, 0.1) is 17.8 Å². The second kappa shape index (κ2) is 8.79. The molecule has 1 amide bonds. The maximum Gasteiger partial charge on any atom is 0.408 e. The van der Waals surface area contributed by atoms with E-state index in [-0.39, 0.29) is 12.3 Å². The number of carboxylic acids is 1. The smallest absolute Gasteiger partial charge is 0.408 e. The number of aliphatic carboxylic acids is 1. The molecule has 0 unspecified atom stereocenters. The molecule has 2 N–H and O–H groups in total. The van der Waals surface area contributed by atoms with E-state index in [0.717, 1.165) is 35.7 Å². The molecule has 0 heterocycles. The van der Waals surface area contributed by atoms with Crippen molar-refractivity contribution in [1.82, 2.24) is 5.32 Å². The van der Waals surface area contributed by atoms with E-state index in [9.17, 15) is 14.7 Å². The van der Waals surface area contributed by atoms with Gasteiger partial charge in [-0.25, -0.2) is 9.59 Å². The highest BCUT2D eigenvalue weighted by Crippen LogP contribution is 2.36. The fourth-order valence-electron chi connectivity index (χ4n) is 3.32. The van der Waals surface area contributed by atoms with Crippen molar-refractivity contribution in [3.05, 3.63) is 34.3 Å². The highest BCUT2D eigenvalue weighted by atomic mass is 79.9. The van der Waals surface area contributed by atoms with Gasteiger partial charge in [-0.05, 0) is 63.8 Å². The molecule has 1 atom stereocenters. The van der Waals surface area contributed by atoms with E-state index in [1.807, 2.05) is 24.3 Å². The fourth-order valence-corrected chi connectivity index (χ4v) is 3.58. The molecule has 1 aromatic rings. The normalized spacial score (nSPS) is 16.7.